The third-order valence-electron chi connectivity index (χ3n) is 5.55. The van der Waals surface area contributed by atoms with Gasteiger partial charge in [0.2, 0.25) is 0 Å². The minimum atomic E-state index is 0. The lowest BCUT2D eigenvalue weighted by Crippen LogP contribution is -2.38. The van der Waals surface area contributed by atoms with E-state index in [2.05, 4.69) is 52.8 Å². The van der Waals surface area contributed by atoms with E-state index in [1.165, 1.54) is 5.56 Å². The van der Waals surface area contributed by atoms with Crippen molar-refractivity contribution >= 4 is 29.9 Å². The first-order chi connectivity index (χ1) is 14.5. The molecule has 0 spiro atoms. The molecule has 0 radical (unpaired) electrons. The summed E-state index contributed by atoms with van der Waals surface area (Å²) < 4.78 is 16.9. The zero-order valence-electron chi connectivity index (χ0n) is 19.2. The number of nitrogens with one attached hydrogen (secondary N) is 2. The van der Waals surface area contributed by atoms with Crippen molar-refractivity contribution < 1.29 is 14.0 Å². The first-order valence-corrected chi connectivity index (χ1v) is 10.6. The monoisotopic (exact) mass is 542 g/mol. The summed E-state index contributed by atoms with van der Waals surface area (Å²) in [5, 5.41) is 10.9. The minimum Gasteiger partial charge on any atom is -0.493 e. The van der Waals surface area contributed by atoms with Gasteiger partial charge in [-0.25, -0.2) is 0 Å². The summed E-state index contributed by atoms with van der Waals surface area (Å²) >= 11 is 0. The molecule has 31 heavy (non-hydrogen) atoms. The number of aryl methyl sites for hydroxylation is 3. The maximum Gasteiger partial charge on any atom is 0.191 e. The van der Waals surface area contributed by atoms with Crippen molar-refractivity contribution in [3.8, 4) is 5.75 Å². The molecule has 0 saturated carbocycles. The van der Waals surface area contributed by atoms with Gasteiger partial charge in [0.1, 0.15) is 11.5 Å². The predicted octanol–water partition coefficient (Wildman–Crippen LogP) is 4.10. The van der Waals surface area contributed by atoms with Gasteiger partial charge in [0, 0.05) is 49.7 Å². The highest BCUT2D eigenvalue weighted by Crippen LogP contribution is 2.23. The molecule has 2 aromatic rings. The van der Waals surface area contributed by atoms with Gasteiger partial charge in [-0.05, 0) is 38.8 Å². The van der Waals surface area contributed by atoms with Crippen LogP contribution >= 0.6 is 24.0 Å². The number of rotatable bonds is 8. The van der Waals surface area contributed by atoms with E-state index in [-0.39, 0.29) is 29.9 Å². The molecular weight excluding hydrogens is 507 g/mol. The van der Waals surface area contributed by atoms with Crippen LogP contribution in [-0.4, -0.2) is 44.5 Å². The average Bonchev–Trinajstić information content (AvgIpc) is 3.37. The van der Waals surface area contributed by atoms with Gasteiger partial charge in [-0.1, -0.05) is 24.2 Å². The lowest BCUT2D eigenvalue weighted by Gasteiger charge is -2.18. The van der Waals surface area contributed by atoms with Gasteiger partial charge in [0.25, 0.3) is 0 Å². The maximum atomic E-state index is 6.14. The standard InChI is InChI=1S/C23H34N4O3.HI/c1-15-6-7-20(21(10-15)29-14-19-8-9-28-13-19)12-26-23(24-5)25-11-16(2)22-17(3)27-30-18(22)4;/h6-7,10,16,19H,8-9,11-14H2,1-5H3,(H2,24,25,26);1H. The molecule has 2 N–H and O–H groups in total. The van der Waals surface area contributed by atoms with Crippen LogP contribution in [-0.2, 0) is 11.3 Å². The summed E-state index contributed by atoms with van der Waals surface area (Å²) in [6.07, 6.45) is 1.07. The maximum absolute atomic E-state index is 6.14. The molecule has 0 aliphatic carbocycles. The van der Waals surface area contributed by atoms with Crippen molar-refractivity contribution in [1.29, 1.82) is 0 Å². The Bertz CT molecular complexity index is 843. The Hall–Kier alpha value is -1.81. The van der Waals surface area contributed by atoms with Crippen LogP contribution in [0.4, 0.5) is 0 Å². The second-order valence-corrected chi connectivity index (χ2v) is 8.10. The molecule has 1 aliphatic rings. The zero-order valence-corrected chi connectivity index (χ0v) is 21.5. The summed E-state index contributed by atoms with van der Waals surface area (Å²) in [5.41, 5.74) is 4.40. The van der Waals surface area contributed by atoms with Gasteiger partial charge in [0.15, 0.2) is 5.96 Å². The number of benzene rings is 1. The summed E-state index contributed by atoms with van der Waals surface area (Å²) in [6.45, 7) is 11.9. The Labute approximate surface area is 202 Å². The smallest absolute Gasteiger partial charge is 0.191 e. The number of aliphatic imine (C=N–C) groups is 1. The Morgan fingerprint density at radius 1 is 1.29 bits per heavy atom. The van der Waals surface area contributed by atoms with Crippen molar-refractivity contribution in [3.63, 3.8) is 0 Å². The van der Waals surface area contributed by atoms with Crippen LogP contribution in [0.15, 0.2) is 27.7 Å². The molecule has 2 unspecified atom stereocenters. The van der Waals surface area contributed by atoms with Crippen molar-refractivity contribution in [3.05, 3.63) is 46.3 Å². The highest BCUT2D eigenvalue weighted by atomic mass is 127. The summed E-state index contributed by atoms with van der Waals surface area (Å²) in [7, 11) is 1.78. The number of hydrogen-bond donors (Lipinski definition) is 2. The summed E-state index contributed by atoms with van der Waals surface area (Å²) in [4.78, 5) is 4.36. The van der Waals surface area contributed by atoms with Crippen LogP contribution < -0.4 is 15.4 Å². The topological polar surface area (TPSA) is 80.9 Å². The third kappa shape index (κ3) is 7.10. The van der Waals surface area contributed by atoms with E-state index in [0.29, 0.717) is 19.1 Å². The molecule has 2 heterocycles. The largest absolute Gasteiger partial charge is 0.493 e. The fourth-order valence-electron chi connectivity index (χ4n) is 3.81. The molecule has 0 bridgehead atoms. The molecule has 3 rings (SSSR count). The average molecular weight is 542 g/mol. The lowest BCUT2D eigenvalue weighted by atomic mass is 10.00. The molecule has 0 amide bonds. The molecule has 8 heteroatoms. The van der Waals surface area contributed by atoms with Gasteiger partial charge in [0.05, 0.1) is 18.9 Å². The Morgan fingerprint density at radius 3 is 2.74 bits per heavy atom. The van der Waals surface area contributed by atoms with E-state index in [9.17, 15) is 0 Å². The zero-order chi connectivity index (χ0) is 21.5. The van der Waals surface area contributed by atoms with Crippen molar-refractivity contribution in [1.82, 2.24) is 15.8 Å². The molecule has 1 aliphatic heterocycles. The lowest BCUT2D eigenvalue weighted by molar-refractivity contribution is 0.166. The molecule has 1 fully saturated rings. The molecule has 2 atom stereocenters. The van der Waals surface area contributed by atoms with E-state index in [4.69, 9.17) is 14.0 Å². The van der Waals surface area contributed by atoms with Crippen LogP contribution in [0, 0.1) is 26.7 Å². The van der Waals surface area contributed by atoms with Crippen molar-refractivity contribution in [2.75, 3.05) is 33.4 Å². The van der Waals surface area contributed by atoms with Gasteiger partial charge >= 0.3 is 0 Å². The van der Waals surface area contributed by atoms with E-state index in [1.807, 2.05) is 13.8 Å². The first kappa shape index (κ1) is 25.5. The number of aromatic nitrogens is 1. The predicted molar refractivity (Wildman–Crippen MR) is 134 cm³/mol. The molecule has 172 valence electrons. The highest BCUT2D eigenvalue weighted by molar-refractivity contribution is 14.0. The fourth-order valence-corrected chi connectivity index (χ4v) is 3.81. The van der Waals surface area contributed by atoms with Crippen LogP contribution in [0.1, 0.15) is 47.4 Å². The quantitative estimate of drug-likeness (QED) is 0.297. The van der Waals surface area contributed by atoms with Crippen LogP contribution in [0.5, 0.6) is 5.75 Å². The Morgan fingerprint density at radius 2 is 2.10 bits per heavy atom. The number of guanidine groups is 1. The van der Waals surface area contributed by atoms with Gasteiger partial charge in [-0.15, -0.1) is 24.0 Å². The molecule has 1 aromatic carbocycles. The second-order valence-electron chi connectivity index (χ2n) is 8.10. The molecular formula is C23H35IN4O3. The second kappa shape index (κ2) is 12.3. The SMILES string of the molecule is CN=C(NCc1ccc(C)cc1OCC1CCOC1)NCC(C)c1c(C)noc1C.I. The van der Waals surface area contributed by atoms with Gasteiger partial charge < -0.3 is 24.6 Å². The van der Waals surface area contributed by atoms with E-state index in [1.54, 1.807) is 7.05 Å². The van der Waals surface area contributed by atoms with Crippen LogP contribution in [0.2, 0.25) is 0 Å². The van der Waals surface area contributed by atoms with E-state index in [0.717, 1.165) is 60.5 Å². The third-order valence-corrected chi connectivity index (χ3v) is 5.55. The molecule has 7 nitrogen and oxygen atoms in total. The highest BCUT2D eigenvalue weighted by Gasteiger charge is 2.18. The van der Waals surface area contributed by atoms with E-state index >= 15 is 0 Å². The normalized spacial score (nSPS) is 17.2. The summed E-state index contributed by atoms with van der Waals surface area (Å²) in [6, 6.07) is 6.32. The van der Waals surface area contributed by atoms with Gasteiger partial charge in [-0.2, -0.15) is 0 Å². The number of hydrogen-bond acceptors (Lipinski definition) is 5. The van der Waals surface area contributed by atoms with Gasteiger partial charge in [-0.3, -0.25) is 4.99 Å². The fraction of sp³-hybridized carbons (Fsp3) is 0.565. The van der Waals surface area contributed by atoms with Crippen LogP contribution in [0.3, 0.4) is 0 Å². The van der Waals surface area contributed by atoms with Crippen molar-refractivity contribution in [2.45, 2.75) is 46.6 Å². The molecule has 1 aromatic heterocycles. The molecule has 1 saturated heterocycles. The van der Waals surface area contributed by atoms with E-state index < -0.39 is 0 Å². The minimum absolute atomic E-state index is 0. The number of halogens is 1. The van der Waals surface area contributed by atoms with Crippen molar-refractivity contribution in [2.24, 2.45) is 10.9 Å². The summed E-state index contributed by atoms with van der Waals surface area (Å²) in [5.74, 6) is 3.30. The Kier molecular flexibility index (Phi) is 10.1. The number of ether oxygens (including phenoxy) is 2. The Balaban J connectivity index is 0.00000341. The van der Waals surface area contributed by atoms with Crippen LogP contribution in [0.25, 0.3) is 0 Å². The number of nitrogens with zero attached hydrogens (tertiary/aromatic N) is 2. The first-order valence-electron chi connectivity index (χ1n) is 10.6.